The number of rotatable bonds is 8. The summed E-state index contributed by atoms with van der Waals surface area (Å²) >= 11 is 0. The van der Waals surface area contributed by atoms with E-state index in [-0.39, 0.29) is 28.5 Å². The van der Waals surface area contributed by atoms with Crippen LogP contribution in [0.15, 0.2) is 41.6 Å². The number of ether oxygens (including phenoxy) is 1. The van der Waals surface area contributed by atoms with Crippen LogP contribution in [0.2, 0.25) is 0 Å². The van der Waals surface area contributed by atoms with Gasteiger partial charge in [-0.15, -0.1) is 5.10 Å². The number of H-pyrrole nitrogens is 1. The van der Waals surface area contributed by atoms with Gasteiger partial charge in [-0.1, -0.05) is 11.3 Å². The molecular weight excluding hydrogens is 644 g/mol. The predicted molar refractivity (Wildman–Crippen MR) is 184 cm³/mol. The number of nitrogens with zero attached hydrogens (tertiary/aromatic N) is 7. The van der Waals surface area contributed by atoms with Gasteiger partial charge in [0.25, 0.3) is 6.43 Å². The van der Waals surface area contributed by atoms with E-state index in [1.807, 2.05) is 0 Å². The highest BCUT2D eigenvalue weighted by atomic mass is 19.3. The number of alkyl halides is 2. The van der Waals surface area contributed by atoms with E-state index in [1.54, 1.807) is 18.2 Å². The number of carbonyl (C=O) groups excluding carboxylic acids is 1. The Balaban J connectivity index is 1.55. The number of amides is 1. The summed E-state index contributed by atoms with van der Waals surface area (Å²) in [6, 6.07) is 4.10. The Labute approximate surface area is 289 Å². The maximum Gasteiger partial charge on any atom is 0.407 e. The average molecular weight is 666 g/mol. The van der Waals surface area contributed by atoms with Crippen LogP contribution in [0.3, 0.4) is 0 Å². The van der Waals surface area contributed by atoms with Crippen molar-refractivity contribution in [3.05, 3.63) is 53.2 Å². The quantitative estimate of drug-likeness (QED) is 0.238. The fourth-order valence-corrected chi connectivity index (χ4v) is 6.83. The highest BCUT2D eigenvalue weighted by Crippen LogP contribution is 2.44. The molecule has 1 aromatic carbocycles. The number of alkyl carbamates (subject to hydrolysis) is 1. The lowest BCUT2D eigenvalue weighted by atomic mass is 9.49. The van der Waals surface area contributed by atoms with Crippen LogP contribution < -0.4 is 11.0 Å². The molecule has 0 saturated heterocycles. The van der Waals surface area contributed by atoms with Crippen LogP contribution in [-0.4, -0.2) is 111 Å². The number of methoxy groups -OCH3 is 1. The molecule has 2 N–H and O–H groups in total. The molecule has 6 aromatic rings. The summed E-state index contributed by atoms with van der Waals surface area (Å²) in [6.45, 7) is -0.624. The standard InChI is InChI=1S/C29H22B6F3N9O3/c1-50-26(48)41-14-3-4-15(7-14)46-23-18(47(27(46)49)29(33,34)35)9-39-25-21(23)20(22(42-25)16-10-45(28(30,31)32)43-24(16)38)12-2-5-17-13(6-12)8-40-44(17)11-19(36)37/h2,5-6,8-10,14-15,19H,3-4,7,11H2,1H3,(H,39,42)(H,41,48)/t14-,15-/m1/s1. The molecule has 1 aliphatic carbocycles. The number of hydrogen-bond donors (Lipinski definition) is 2. The predicted octanol–water partition coefficient (Wildman–Crippen LogP) is 1.56. The second-order valence-corrected chi connectivity index (χ2v) is 12.4. The number of fused-ring (bicyclic) bond motifs is 4. The minimum absolute atomic E-state index is 0.104. The van der Waals surface area contributed by atoms with E-state index in [1.165, 1.54) is 34.9 Å². The van der Waals surface area contributed by atoms with Gasteiger partial charge in [-0.2, -0.15) is 9.49 Å². The number of carbonyl (C=O) groups is 1. The molecule has 0 spiro atoms. The topological polar surface area (TPSA) is 130 Å². The molecule has 1 fully saturated rings. The fraction of sp³-hybridized carbons (Fsp3) is 0.345. The molecule has 0 aliphatic heterocycles. The molecule has 1 aliphatic rings. The molecule has 12 radical (unpaired) electrons. The number of pyridine rings is 1. The van der Waals surface area contributed by atoms with Gasteiger partial charge in [-0.25, -0.2) is 23.4 Å². The third-order valence-corrected chi connectivity index (χ3v) is 8.90. The van der Waals surface area contributed by atoms with Crippen LogP contribution >= 0.6 is 0 Å². The summed E-state index contributed by atoms with van der Waals surface area (Å²) < 4.78 is 51.5. The van der Waals surface area contributed by atoms with Crippen molar-refractivity contribution >= 4 is 86.1 Å². The van der Waals surface area contributed by atoms with E-state index in [9.17, 15) is 18.4 Å². The van der Waals surface area contributed by atoms with Crippen molar-refractivity contribution < 1.29 is 22.7 Å². The van der Waals surface area contributed by atoms with Crippen molar-refractivity contribution in [3.63, 3.8) is 0 Å². The first-order chi connectivity index (χ1) is 23.6. The van der Waals surface area contributed by atoms with Crippen molar-refractivity contribution in [2.75, 3.05) is 7.11 Å². The molecule has 5 aromatic heterocycles. The molecule has 1 saturated carbocycles. The number of benzene rings is 1. The zero-order chi connectivity index (χ0) is 35.9. The van der Waals surface area contributed by atoms with E-state index in [0.29, 0.717) is 52.2 Å². The van der Waals surface area contributed by atoms with E-state index >= 15 is 4.39 Å². The van der Waals surface area contributed by atoms with Crippen LogP contribution in [-0.2, 0) is 21.8 Å². The zero-order valence-corrected chi connectivity index (χ0v) is 26.5. The Morgan fingerprint density at radius 2 is 1.88 bits per heavy atom. The van der Waals surface area contributed by atoms with Crippen LogP contribution in [0.1, 0.15) is 25.3 Å². The van der Waals surface area contributed by atoms with Crippen LogP contribution in [0.5, 0.6) is 0 Å². The van der Waals surface area contributed by atoms with Crippen molar-refractivity contribution in [3.8, 4) is 22.4 Å². The Bertz CT molecular complexity index is 2360. The molecule has 7 rings (SSSR count). The molecule has 50 heavy (non-hydrogen) atoms. The summed E-state index contributed by atoms with van der Waals surface area (Å²) in [5, 5.41) is 7.26. The van der Waals surface area contributed by atoms with Crippen LogP contribution in [0.25, 0.3) is 55.4 Å². The highest BCUT2D eigenvalue weighted by molar-refractivity contribution is 6.57. The van der Waals surface area contributed by atoms with Gasteiger partial charge in [-0.3, -0.25) is 13.9 Å². The second kappa shape index (κ2) is 12.0. The highest BCUT2D eigenvalue weighted by Gasteiger charge is 2.35. The first-order valence-corrected chi connectivity index (χ1v) is 15.3. The first kappa shape index (κ1) is 33.8. The van der Waals surface area contributed by atoms with Gasteiger partial charge in [0.05, 0.1) is 99.8 Å². The fourth-order valence-electron chi connectivity index (χ4n) is 6.83. The number of nitrogens with one attached hydrogen (secondary N) is 2. The molecule has 0 unspecified atom stereocenters. The monoisotopic (exact) mass is 667 g/mol. The molecule has 1 amide bonds. The number of hydrogen-bond acceptors (Lipinski definition) is 6. The second-order valence-electron chi connectivity index (χ2n) is 12.4. The van der Waals surface area contributed by atoms with Crippen LogP contribution in [0.4, 0.5) is 18.0 Å². The van der Waals surface area contributed by atoms with Crippen molar-refractivity contribution in [2.24, 2.45) is 0 Å². The number of halogens is 3. The summed E-state index contributed by atoms with van der Waals surface area (Å²) in [7, 11) is 37.1. The molecule has 2 atom stereocenters. The SMILES string of the molecule is [B]C([B])([B])n1cc(-c2[nH]c3ncc4c(c3c2-c2ccc3c(cnn3CC(F)F)c2)n([C@@H]2CC[C@@H](NC(=O)OC)C2)c(=O)n4C([B])([B])[B])c(F)n1. The Morgan fingerprint density at radius 1 is 1.12 bits per heavy atom. The lowest BCUT2D eigenvalue weighted by molar-refractivity contribution is 0.123. The Kier molecular flexibility index (Phi) is 8.09. The third kappa shape index (κ3) is 5.63. The number of aromatic nitrogens is 8. The van der Waals surface area contributed by atoms with Crippen molar-refractivity contribution in [2.45, 2.75) is 54.8 Å². The molecule has 0 bridgehead atoms. The normalized spacial score (nSPS) is 17.1. The van der Waals surface area contributed by atoms with E-state index < -0.39 is 47.2 Å². The van der Waals surface area contributed by atoms with Crippen LogP contribution in [0, 0.1) is 5.95 Å². The van der Waals surface area contributed by atoms with E-state index in [2.05, 4.69) is 25.5 Å². The van der Waals surface area contributed by atoms with Gasteiger partial charge in [0.15, 0.2) is 0 Å². The maximum atomic E-state index is 15.7. The van der Waals surface area contributed by atoms with Gasteiger partial charge < -0.3 is 19.6 Å². The third-order valence-electron chi connectivity index (χ3n) is 8.90. The first-order valence-electron chi connectivity index (χ1n) is 15.3. The minimum Gasteiger partial charge on any atom is -0.453 e. The molecule has 5 heterocycles. The van der Waals surface area contributed by atoms with E-state index in [0.717, 1.165) is 9.25 Å². The van der Waals surface area contributed by atoms with E-state index in [4.69, 9.17) is 51.8 Å². The molecule has 240 valence electrons. The average Bonchev–Trinajstić information content (AvgIpc) is 3.84. The largest absolute Gasteiger partial charge is 0.453 e. The van der Waals surface area contributed by atoms with Gasteiger partial charge >= 0.3 is 11.8 Å². The smallest absolute Gasteiger partial charge is 0.407 e. The molecule has 12 nitrogen and oxygen atoms in total. The Hall–Kier alpha value is -4.69. The number of aromatic amines is 1. The van der Waals surface area contributed by atoms with Gasteiger partial charge in [0.1, 0.15) is 12.2 Å². The van der Waals surface area contributed by atoms with Gasteiger partial charge in [0, 0.05) is 29.2 Å². The Morgan fingerprint density at radius 3 is 2.54 bits per heavy atom. The minimum atomic E-state index is -2.64. The molecular formula is C29H22B6F3N9O3. The summed E-state index contributed by atoms with van der Waals surface area (Å²) in [5.74, 6) is -0.988. The van der Waals surface area contributed by atoms with Crippen molar-refractivity contribution in [1.82, 2.24) is 44.0 Å². The molecule has 21 heteroatoms. The summed E-state index contributed by atoms with van der Waals surface area (Å²) in [6.07, 6.45) is 2.04. The zero-order valence-electron chi connectivity index (χ0n) is 26.5. The lowest BCUT2D eigenvalue weighted by Crippen LogP contribution is -2.43. The van der Waals surface area contributed by atoms with Crippen molar-refractivity contribution in [1.29, 1.82) is 0 Å². The summed E-state index contributed by atoms with van der Waals surface area (Å²) in [5.41, 5.74) is 1.30. The number of imidazole rings is 1. The summed E-state index contributed by atoms with van der Waals surface area (Å²) in [4.78, 5) is 34.0. The van der Waals surface area contributed by atoms with Gasteiger partial charge in [0.2, 0.25) is 5.95 Å². The van der Waals surface area contributed by atoms with Gasteiger partial charge in [-0.05, 0) is 42.2 Å². The lowest BCUT2D eigenvalue weighted by Gasteiger charge is -2.22. The maximum absolute atomic E-state index is 15.7.